The van der Waals surface area contributed by atoms with E-state index in [9.17, 15) is 14.4 Å². The second-order valence-electron chi connectivity index (χ2n) is 13.0. The summed E-state index contributed by atoms with van der Waals surface area (Å²) >= 11 is 3.58. The number of carbonyl (C=O) groups excluding carboxylic acids is 3. The molecule has 2 amide bonds. The fraction of sp³-hybridized carbons (Fsp3) is 0.516. The minimum absolute atomic E-state index is 0.104. The molecule has 226 valence electrons. The van der Waals surface area contributed by atoms with Crippen molar-refractivity contribution >= 4 is 33.9 Å². The molecule has 0 N–H and O–H groups in total. The van der Waals surface area contributed by atoms with Crippen molar-refractivity contribution in [1.82, 2.24) is 14.9 Å². The van der Waals surface area contributed by atoms with Crippen LogP contribution in [-0.4, -0.2) is 58.3 Å². The van der Waals surface area contributed by atoms with Gasteiger partial charge in [0.05, 0.1) is 25.6 Å². The standard InChI is InChI=1S/C31H38BrN3O7/c1-28(2,3)41-26(37)35(27(38)42-29(4,5)6)22-16-30(7)17-31(25(22)36,14-20-18(30)10-12-23(33-20)39-8)15-21-19(32)11-13-24(34-21)40-9/h10-13,16H,14-15,17H2,1-9H3/t30-,31-/m1/s1. The van der Waals surface area contributed by atoms with E-state index in [0.717, 1.165) is 10.5 Å². The number of amides is 2. The fourth-order valence-electron chi connectivity index (χ4n) is 5.64. The van der Waals surface area contributed by atoms with Crippen molar-refractivity contribution in [3.8, 4) is 11.8 Å². The zero-order valence-electron chi connectivity index (χ0n) is 25.6. The number of nitrogens with zero attached hydrogens (tertiary/aromatic N) is 3. The van der Waals surface area contributed by atoms with Gasteiger partial charge in [-0.3, -0.25) is 4.79 Å². The number of pyridine rings is 2. The minimum Gasteiger partial charge on any atom is -0.481 e. The highest BCUT2D eigenvalue weighted by Crippen LogP contribution is 2.54. The van der Waals surface area contributed by atoms with E-state index in [1.54, 1.807) is 59.8 Å². The molecular weight excluding hydrogens is 606 g/mol. The average Bonchev–Trinajstić information content (AvgIpc) is 2.86. The highest BCUT2D eigenvalue weighted by atomic mass is 79.9. The Morgan fingerprint density at radius 3 is 2.02 bits per heavy atom. The second kappa shape index (κ2) is 11.0. The topological polar surface area (TPSA) is 117 Å². The van der Waals surface area contributed by atoms with Gasteiger partial charge >= 0.3 is 12.2 Å². The Balaban J connectivity index is 1.95. The van der Waals surface area contributed by atoms with Crippen molar-refractivity contribution in [2.75, 3.05) is 14.2 Å². The predicted octanol–water partition coefficient (Wildman–Crippen LogP) is 6.33. The molecule has 42 heavy (non-hydrogen) atoms. The third-order valence-electron chi connectivity index (χ3n) is 7.16. The molecule has 10 nitrogen and oxygen atoms in total. The summed E-state index contributed by atoms with van der Waals surface area (Å²) in [6.07, 6.45) is 0.485. The molecule has 0 saturated carbocycles. The Morgan fingerprint density at radius 2 is 1.48 bits per heavy atom. The van der Waals surface area contributed by atoms with Crippen molar-refractivity contribution < 1.29 is 33.3 Å². The average molecular weight is 645 g/mol. The molecule has 0 aromatic carbocycles. The van der Waals surface area contributed by atoms with Crippen LogP contribution in [0.4, 0.5) is 9.59 Å². The number of ether oxygens (including phenoxy) is 4. The highest BCUT2D eigenvalue weighted by molar-refractivity contribution is 9.10. The Morgan fingerprint density at radius 1 is 0.929 bits per heavy atom. The first kappa shape index (κ1) is 31.5. The minimum atomic E-state index is -1.13. The van der Waals surface area contributed by atoms with E-state index in [2.05, 4.69) is 20.9 Å². The van der Waals surface area contributed by atoms with Gasteiger partial charge in [0.2, 0.25) is 11.8 Å². The first-order valence-corrected chi connectivity index (χ1v) is 14.5. The van der Waals surface area contributed by atoms with Crippen LogP contribution in [0.1, 0.15) is 71.8 Å². The summed E-state index contributed by atoms with van der Waals surface area (Å²) in [4.78, 5) is 52.1. The van der Waals surface area contributed by atoms with Crippen LogP contribution in [0.2, 0.25) is 0 Å². The lowest BCUT2D eigenvalue weighted by Crippen LogP contribution is -2.55. The Kier molecular flexibility index (Phi) is 8.23. The van der Waals surface area contributed by atoms with Crippen LogP contribution in [0.25, 0.3) is 0 Å². The van der Waals surface area contributed by atoms with Crippen LogP contribution >= 0.6 is 15.9 Å². The number of aromatic nitrogens is 2. The van der Waals surface area contributed by atoms with Gasteiger partial charge in [0.1, 0.15) is 11.2 Å². The first-order chi connectivity index (χ1) is 19.4. The van der Waals surface area contributed by atoms with E-state index in [1.165, 1.54) is 14.2 Å². The van der Waals surface area contributed by atoms with Crippen molar-refractivity contribution in [2.45, 2.75) is 84.3 Å². The van der Waals surface area contributed by atoms with Gasteiger partial charge in [0, 0.05) is 46.0 Å². The molecular formula is C31H38BrN3O7. The summed E-state index contributed by atoms with van der Waals surface area (Å²) in [6.45, 7) is 12.1. The van der Waals surface area contributed by atoms with E-state index in [1.807, 2.05) is 19.1 Å². The maximum absolute atomic E-state index is 14.8. The van der Waals surface area contributed by atoms with Gasteiger partial charge in [-0.15, -0.1) is 0 Å². The number of imide groups is 1. The van der Waals surface area contributed by atoms with Gasteiger partial charge < -0.3 is 18.9 Å². The largest absolute Gasteiger partial charge is 0.481 e. The van der Waals surface area contributed by atoms with E-state index in [0.29, 0.717) is 34.0 Å². The van der Waals surface area contributed by atoms with Crippen molar-refractivity contribution in [2.24, 2.45) is 5.41 Å². The fourth-order valence-corrected chi connectivity index (χ4v) is 6.00. The van der Waals surface area contributed by atoms with Crippen LogP contribution in [-0.2, 0) is 32.5 Å². The molecule has 0 spiro atoms. The third-order valence-corrected chi connectivity index (χ3v) is 7.88. The summed E-state index contributed by atoms with van der Waals surface area (Å²) in [5, 5.41) is 0. The lowest BCUT2D eigenvalue weighted by Gasteiger charge is -2.49. The summed E-state index contributed by atoms with van der Waals surface area (Å²) in [5.74, 6) is 0.406. The molecule has 0 fully saturated rings. The Labute approximate surface area is 254 Å². The van der Waals surface area contributed by atoms with Gasteiger partial charge in [-0.25, -0.2) is 19.6 Å². The number of rotatable bonds is 5. The zero-order chi connectivity index (χ0) is 31.3. The van der Waals surface area contributed by atoms with Crippen LogP contribution in [0.5, 0.6) is 11.8 Å². The monoisotopic (exact) mass is 643 g/mol. The molecule has 2 aliphatic carbocycles. The summed E-state index contributed by atoms with van der Waals surface area (Å²) in [7, 11) is 3.06. The third kappa shape index (κ3) is 6.30. The maximum Gasteiger partial charge on any atom is 0.424 e. The second-order valence-corrected chi connectivity index (χ2v) is 13.9. The van der Waals surface area contributed by atoms with Crippen LogP contribution in [0.3, 0.4) is 0 Å². The van der Waals surface area contributed by atoms with Gasteiger partial charge in [-0.2, -0.15) is 4.90 Å². The van der Waals surface area contributed by atoms with Crippen molar-refractivity contribution in [3.05, 3.63) is 57.5 Å². The molecule has 2 aromatic rings. The Hall–Kier alpha value is -3.47. The lowest BCUT2D eigenvalue weighted by molar-refractivity contribution is -0.129. The van der Waals surface area contributed by atoms with E-state index in [-0.39, 0.29) is 18.5 Å². The van der Waals surface area contributed by atoms with E-state index < -0.39 is 40.0 Å². The summed E-state index contributed by atoms with van der Waals surface area (Å²) in [5.41, 5.74) is -1.72. The molecule has 4 rings (SSSR count). The first-order valence-electron chi connectivity index (χ1n) is 13.7. The molecule has 2 heterocycles. The number of carbonyl (C=O) groups is 3. The molecule has 0 aliphatic heterocycles. The molecule has 2 bridgehead atoms. The number of halogens is 1. The zero-order valence-corrected chi connectivity index (χ0v) is 27.2. The quantitative estimate of drug-likeness (QED) is 0.368. The highest BCUT2D eigenvalue weighted by Gasteiger charge is 2.56. The normalized spacial score (nSPS) is 21.6. The molecule has 2 aromatic heterocycles. The smallest absolute Gasteiger partial charge is 0.424 e. The summed E-state index contributed by atoms with van der Waals surface area (Å²) in [6, 6.07) is 7.21. The maximum atomic E-state index is 14.8. The van der Waals surface area contributed by atoms with E-state index >= 15 is 0 Å². The van der Waals surface area contributed by atoms with Crippen molar-refractivity contribution in [1.29, 1.82) is 0 Å². The number of methoxy groups -OCH3 is 2. The van der Waals surface area contributed by atoms with Crippen LogP contribution in [0, 0.1) is 5.41 Å². The van der Waals surface area contributed by atoms with Crippen LogP contribution < -0.4 is 9.47 Å². The Bertz CT molecular complexity index is 1430. The summed E-state index contributed by atoms with van der Waals surface area (Å²) < 4.78 is 22.7. The van der Waals surface area contributed by atoms with Gasteiger partial charge in [-0.1, -0.05) is 13.0 Å². The van der Waals surface area contributed by atoms with Gasteiger partial charge in [0.15, 0.2) is 5.78 Å². The molecule has 2 aliphatic rings. The van der Waals surface area contributed by atoms with Crippen LogP contribution in [0.15, 0.2) is 40.5 Å². The van der Waals surface area contributed by atoms with E-state index in [4.69, 9.17) is 23.9 Å². The predicted molar refractivity (Wildman–Crippen MR) is 158 cm³/mol. The molecule has 0 radical (unpaired) electrons. The number of fused-ring (bicyclic) bond motifs is 4. The number of hydrogen-bond acceptors (Lipinski definition) is 9. The van der Waals surface area contributed by atoms with Crippen molar-refractivity contribution in [3.63, 3.8) is 0 Å². The molecule has 0 saturated heterocycles. The SMILES string of the molecule is COc1ccc(Br)c(C[C@@]23Cc4nc(OC)ccc4[C@](C)(C=C(N(C(=O)OC(C)(C)C)C(=O)OC(C)(C)C)C2=O)C3)n1. The number of hydrogen-bond donors (Lipinski definition) is 0. The molecule has 0 unspecified atom stereocenters. The van der Waals surface area contributed by atoms with Gasteiger partial charge in [-0.05, 0) is 81.6 Å². The number of allylic oxidation sites excluding steroid dienone is 2. The number of Topliss-reactive ketones (excluding diaryl/α,β-unsaturated/α-hetero) is 1. The lowest BCUT2D eigenvalue weighted by atomic mass is 9.54. The van der Waals surface area contributed by atoms with Gasteiger partial charge in [0.25, 0.3) is 0 Å². The molecule has 2 atom stereocenters. The molecule has 11 heteroatoms. The number of ketones is 1.